The summed E-state index contributed by atoms with van der Waals surface area (Å²) in [5.74, 6) is -7.88. The van der Waals surface area contributed by atoms with Crippen LogP contribution in [0.5, 0.6) is 11.6 Å². The zero-order chi connectivity index (χ0) is 19.5. The quantitative estimate of drug-likeness (QED) is 0.360. The number of aromatic amines is 1. The van der Waals surface area contributed by atoms with Crippen molar-refractivity contribution in [3.8, 4) is 28.6 Å². The largest absolute Gasteiger partial charge is 0.503 e. The molecule has 0 radical (unpaired) electrons. The molecule has 0 unspecified atom stereocenters. The van der Waals surface area contributed by atoms with Crippen molar-refractivity contribution in [2.45, 2.75) is 6.92 Å². The lowest BCUT2D eigenvalue weighted by molar-refractivity contribution is 0.386. The molecular weight excluding hydrogens is 366 g/mol. The fraction of sp³-hybridized carbons (Fsp3) is 0.0556. The fourth-order valence-electron chi connectivity index (χ4n) is 3.05. The van der Waals surface area contributed by atoms with Crippen LogP contribution in [0.25, 0.3) is 28.0 Å². The van der Waals surface area contributed by atoms with E-state index < -0.39 is 46.2 Å². The van der Waals surface area contributed by atoms with Gasteiger partial charge in [0.1, 0.15) is 0 Å². The number of hydrogen-bond donors (Lipinski definition) is 3. The van der Waals surface area contributed by atoms with E-state index in [4.69, 9.17) is 0 Å². The monoisotopic (exact) mass is 377 g/mol. The molecule has 4 rings (SSSR count). The van der Waals surface area contributed by atoms with Gasteiger partial charge < -0.3 is 15.2 Å². The molecule has 0 saturated heterocycles. The van der Waals surface area contributed by atoms with Crippen molar-refractivity contribution in [3.05, 3.63) is 59.4 Å². The van der Waals surface area contributed by atoms with Crippen molar-refractivity contribution < 1.29 is 27.8 Å². The molecule has 0 fully saturated rings. The van der Waals surface area contributed by atoms with Gasteiger partial charge in [-0.05, 0) is 25.1 Å². The van der Waals surface area contributed by atoms with Crippen molar-refractivity contribution in [1.82, 2.24) is 14.5 Å². The first-order valence-electron chi connectivity index (χ1n) is 7.71. The number of nitrogens with one attached hydrogen (secondary N) is 1. The van der Waals surface area contributed by atoms with Gasteiger partial charge in [-0.15, -0.1) is 0 Å². The molecule has 0 aliphatic heterocycles. The molecule has 0 bridgehead atoms. The van der Waals surface area contributed by atoms with E-state index in [1.165, 1.54) is 25.4 Å². The van der Waals surface area contributed by atoms with E-state index in [9.17, 15) is 27.8 Å². The van der Waals surface area contributed by atoms with Gasteiger partial charge >= 0.3 is 0 Å². The summed E-state index contributed by atoms with van der Waals surface area (Å²) in [6.07, 6.45) is 1.43. The third kappa shape index (κ3) is 2.35. The normalized spacial score (nSPS) is 11.4. The molecule has 9 heteroatoms. The van der Waals surface area contributed by atoms with Crippen LogP contribution >= 0.6 is 0 Å². The Morgan fingerprint density at radius 2 is 1.67 bits per heavy atom. The third-order valence-electron chi connectivity index (χ3n) is 4.37. The lowest BCUT2D eigenvalue weighted by Gasteiger charge is -2.13. The highest BCUT2D eigenvalue weighted by molar-refractivity contribution is 5.80. The highest BCUT2D eigenvalue weighted by Gasteiger charge is 2.29. The molecule has 138 valence electrons. The van der Waals surface area contributed by atoms with Gasteiger partial charge in [-0.25, -0.2) is 22.5 Å². The van der Waals surface area contributed by atoms with Gasteiger partial charge in [0, 0.05) is 11.6 Å². The predicted octanol–water partition coefficient (Wildman–Crippen LogP) is 4.30. The Morgan fingerprint density at radius 1 is 1.00 bits per heavy atom. The van der Waals surface area contributed by atoms with Gasteiger partial charge in [-0.2, -0.15) is 0 Å². The summed E-state index contributed by atoms with van der Waals surface area (Å²) >= 11 is 0. The summed E-state index contributed by atoms with van der Waals surface area (Å²) in [6.45, 7) is 1.26. The van der Waals surface area contributed by atoms with Crippen molar-refractivity contribution in [1.29, 1.82) is 0 Å². The minimum absolute atomic E-state index is 0.0904. The number of benzene rings is 2. The Hall–Kier alpha value is -3.49. The van der Waals surface area contributed by atoms with Crippen LogP contribution < -0.4 is 0 Å². The van der Waals surface area contributed by atoms with Gasteiger partial charge in [0.15, 0.2) is 29.0 Å². The Bertz CT molecular complexity index is 1190. The van der Waals surface area contributed by atoms with Crippen LogP contribution in [-0.2, 0) is 0 Å². The summed E-state index contributed by atoms with van der Waals surface area (Å²) in [4.78, 5) is 6.87. The summed E-state index contributed by atoms with van der Waals surface area (Å²) in [5, 5.41) is 20.4. The maximum Gasteiger partial charge on any atom is 0.240 e. The van der Waals surface area contributed by atoms with E-state index in [-0.39, 0.29) is 17.3 Å². The fourth-order valence-corrected chi connectivity index (χ4v) is 3.05. The molecule has 4 aromatic rings. The minimum Gasteiger partial charge on any atom is -0.503 e. The topological polar surface area (TPSA) is 74.1 Å². The number of halogens is 4. The van der Waals surface area contributed by atoms with Crippen molar-refractivity contribution in [2.24, 2.45) is 0 Å². The lowest BCUT2D eigenvalue weighted by Crippen LogP contribution is -2.04. The van der Waals surface area contributed by atoms with Crippen LogP contribution in [0, 0.1) is 30.2 Å². The molecule has 27 heavy (non-hydrogen) atoms. The van der Waals surface area contributed by atoms with Gasteiger partial charge in [0.25, 0.3) is 0 Å². The Morgan fingerprint density at radius 3 is 2.33 bits per heavy atom. The number of nitrogens with zero attached hydrogens (tertiary/aromatic N) is 2. The van der Waals surface area contributed by atoms with E-state index in [0.717, 1.165) is 4.57 Å². The first-order chi connectivity index (χ1) is 12.8. The molecule has 2 aromatic carbocycles. The molecule has 0 aliphatic rings. The first kappa shape index (κ1) is 17.0. The van der Waals surface area contributed by atoms with Gasteiger partial charge in [0.05, 0.1) is 34.3 Å². The Labute approximate surface area is 149 Å². The van der Waals surface area contributed by atoms with E-state index in [0.29, 0.717) is 11.0 Å². The van der Waals surface area contributed by atoms with Gasteiger partial charge in [-0.1, -0.05) is 0 Å². The second-order valence-corrected chi connectivity index (χ2v) is 5.93. The molecule has 0 saturated carbocycles. The number of imidazole rings is 1. The Balaban J connectivity index is 2.11. The van der Waals surface area contributed by atoms with Crippen molar-refractivity contribution >= 4 is 11.0 Å². The maximum absolute atomic E-state index is 14.4. The predicted molar refractivity (Wildman–Crippen MR) is 88.8 cm³/mol. The second kappa shape index (κ2) is 5.76. The van der Waals surface area contributed by atoms with Crippen molar-refractivity contribution in [2.75, 3.05) is 0 Å². The maximum atomic E-state index is 14.4. The summed E-state index contributed by atoms with van der Waals surface area (Å²) < 4.78 is 57.1. The lowest BCUT2D eigenvalue weighted by atomic mass is 10.1. The van der Waals surface area contributed by atoms with E-state index in [1.54, 1.807) is 6.07 Å². The van der Waals surface area contributed by atoms with Crippen molar-refractivity contribution in [3.63, 3.8) is 0 Å². The van der Waals surface area contributed by atoms with Crippen LogP contribution in [-0.4, -0.2) is 24.7 Å². The summed E-state index contributed by atoms with van der Waals surface area (Å²) in [6, 6.07) is 4.62. The third-order valence-corrected chi connectivity index (χ3v) is 4.37. The average Bonchev–Trinajstić information content (AvgIpc) is 3.19. The summed E-state index contributed by atoms with van der Waals surface area (Å²) in [7, 11) is 0. The zero-order valence-corrected chi connectivity index (χ0v) is 13.7. The standard InChI is InChI=1S/C18H11F4N3O2/c1-7-16(13-14(21)9(19)5-10(20)15(13)22)25(18(27)17(7)26)8-2-3-11-12(4-8)24-6-23-11/h2-6,26-27H,1H3,(H,23,24). The van der Waals surface area contributed by atoms with Crippen LogP contribution in [0.15, 0.2) is 30.6 Å². The van der Waals surface area contributed by atoms with E-state index in [2.05, 4.69) is 9.97 Å². The molecular formula is C18H11F4N3O2. The van der Waals surface area contributed by atoms with E-state index in [1.807, 2.05) is 0 Å². The average molecular weight is 377 g/mol. The molecule has 3 N–H and O–H groups in total. The van der Waals surface area contributed by atoms with Crippen LogP contribution in [0.3, 0.4) is 0 Å². The highest BCUT2D eigenvalue weighted by atomic mass is 19.2. The second-order valence-electron chi connectivity index (χ2n) is 5.93. The molecule has 0 aliphatic carbocycles. The number of hydrogen-bond acceptors (Lipinski definition) is 3. The van der Waals surface area contributed by atoms with Crippen LogP contribution in [0.4, 0.5) is 17.6 Å². The molecule has 2 heterocycles. The molecule has 5 nitrogen and oxygen atoms in total. The SMILES string of the molecule is Cc1c(O)c(O)n(-c2ccc3nc[nH]c3c2)c1-c1c(F)c(F)cc(F)c1F. The number of fused-ring (bicyclic) bond motifs is 1. The molecule has 0 spiro atoms. The van der Waals surface area contributed by atoms with E-state index >= 15 is 0 Å². The molecule has 0 amide bonds. The van der Waals surface area contributed by atoms with Gasteiger partial charge in [0.2, 0.25) is 5.88 Å². The van der Waals surface area contributed by atoms with Crippen LogP contribution in [0.2, 0.25) is 0 Å². The first-order valence-corrected chi connectivity index (χ1v) is 7.71. The number of aromatic hydroxyl groups is 2. The molecule has 0 atom stereocenters. The van der Waals surface area contributed by atoms with Gasteiger partial charge in [-0.3, -0.25) is 4.57 Å². The number of aromatic nitrogens is 3. The smallest absolute Gasteiger partial charge is 0.240 e. The summed E-state index contributed by atoms with van der Waals surface area (Å²) in [5.41, 5.74) is -0.300. The highest BCUT2D eigenvalue weighted by Crippen LogP contribution is 2.44. The zero-order valence-electron chi connectivity index (χ0n) is 13.7. The number of rotatable bonds is 2. The molecule has 2 aromatic heterocycles. The minimum atomic E-state index is -1.64. The Kier molecular flexibility index (Phi) is 3.62. The van der Waals surface area contributed by atoms with Crippen LogP contribution in [0.1, 0.15) is 5.56 Å². The number of H-pyrrole nitrogens is 1.